The van der Waals surface area contributed by atoms with Crippen molar-refractivity contribution in [3.8, 4) is 0 Å². The van der Waals surface area contributed by atoms with Crippen molar-refractivity contribution in [3.05, 3.63) is 54.0 Å². The number of fused-ring (bicyclic) bond motifs is 2. The highest BCUT2D eigenvalue weighted by molar-refractivity contribution is 6.40. The van der Waals surface area contributed by atoms with Gasteiger partial charge in [-0.15, -0.1) is 0 Å². The fourth-order valence-corrected chi connectivity index (χ4v) is 4.52. The van der Waals surface area contributed by atoms with Gasteiger partial charge in [0, 0.05) is 17.6 Å². The van der Waals surface area contributed by atoms with Crippen LogP contribution in [0.2, 0.25) is 0 Å². The number of pyridine rings is 2. The predicted molar refractivity (Wildman–Crippen MR) is 126 cm³/mol. The van der Waals surface area contributed by atoms with Crippen molar-refractivity contribution < 1.29 is 9.59 Å². The van der Waals surface area contributed by atoms with Crippen LogP contribution in [0.25, 0.3) is 21.8 Å². The van der Waals surface area contributed by atoms with E-state index in [2.05, 4.69) is 32.4 Å². The zero-order chi connectivity index (χ0) is 23.1. The van der Waals surface area contributed by atoms with E-state index in [0.717, 1.165) is 35.0 Å². The van der Waals surface area contributed by atoms with E-state index in [4.69, 9.17) is 5.73 Å². The van der Waals surface area contributed by atoms with Crippen molar-refractivity contribution in [1.29, 1.82) is 0 Å². The lowest BCUT2D eigenvalue weighted by molar-refractivity contribution is -0.146. The van der Waals surface area contributed by atoms with Gasteiger partial charge in [0.1, 0.15) is 5.82 Å². The molecule has 0 radical (unpaired) electrons. The van der Waals surface area contributed by atoms with Crippen LogP contribution in [0, 0.1) is 12.8 Å². The maximum absolute atomic E-state index is 13.3. The Morgan fingerprint density at radius 1 is 1.18 bits per heavy atom. The quantitative estimate of drug-likeness (QED) is 0.408. The third-order valence-corrected chi connectivity index (χ3v) is 6.28. The first kappa shape index (κ1) is 20.9. The number of hydrogen-bond acceptors (Lipinski definition) is 6. The van der Waals surface area contributed by atoms with Gasteiger partial charge in [-0.1, -0.05) is 25.1 Å². The largest absolute Gasteiger partial charge is 0.383 e. The van der Waals surface area contributed by atoms with Crippen LogP contribution in [0.5, 0.6) is 0 Å². The number of nitrogens with zero attached hydrogens (tertiary/aromatic N) is 4. The van der Waals surface area contributed by atoms with E-state index in [1.165, 1.54) is 12.4 Å². The zero-order valence-corrected chi connectivity index (χ0v) is 18.5. The number of carbonyl (C=O) groups is 2. The minimum atomic E-state index is -0.716. The van der Waals surface area contributed by atoms with Crippen LogP contribution in [0.15, 0.2) is 42.7 Å². The Bertz CT molecular complexity index is 1380. The molecule has 1 fully saturated rings. The second-order valence-electron chi connectivity index (χ2n) is 8.73. The van der Waals surface area contributed by atoms with E-state index >= 15 is 0 Å². The third kappa shape index (κ3) is 3.86. The van der Waals surface area contributed by atoms with Crippen LogP contribution in [0.1, 0.15) is 37.1 Å². The topological polar surface area (TPSA) is 130 Å². The first-order valence-corrected chi connectivity index (χ1v) is 11.0. The minimum absolute atomic E-state index is 0.192. The van der Waals surface area contributed by atoms with Gasteiger partial charge in [0.2, 0.25) is 0 Å². The maximum atomic E-state index is 13.3. The number of nitrogen functional groups attached to an aromatic ring is 1. The van der Waals surface area contributed by atoms with E-state index in [1.807, 2.05) is 37.3 Å². The Labute approximate surface area is 190 Å². The molecule has 0 bridgehead atoms. The molecule has 2 amide bonds. The van der Waals surface area contributed by atoms with Gasteiger partial charge in [0.05, 0.1) is 40.5 Å². The van der Waals surface area contributed by atoms with Crippen molar-refractivity contribution in [2.75, 3.05) is 17.6 Å². The number of anilines is 2. The molecule has 0 saturated carbocycles. The second kappa shape index (κ2) is 8.16. The van der Waals surface area contributed by atoms with Gasteiger partial charge in [-0.2, -0.15) is 5.10 Å². The second-order valence-corrected chi connectivity index (χ2v) is 8.73. The molecular weight excluding hydrogens is 418 g/mol. The number of likely N-dealkylation sites (tertiary alicyclic amines) is 1. The molecule has 168 valence electrons. The number of benzene rings is 1. The molecule has 9 heteroatoms. The Morgan fingerprint density at radius 2 is 2.00 bits per heavy atom. The molecular formula is C24H25N7O2. The summed E-state index contributed by atoms with van der Waals surface area (Å²) in [6, 6.07) is 9.90. The van der Waals surface area contributed by atoms with Gasteiger partial charge in [-0.3, -0.25) is 19.7 Å². The molecule has 0 spiro atoms. The van der Waals surface area contributed by atoms with Crippen molar-refractivity contribution in [1.82, 2.24) is 25.1 Å². The van der Waals surface area contributed by atoms with Crippen LogP contribution in [-0.2, 0) is 9.59 Å². The Balaban J connectivity index is 1.43. The molecule has 4 N–H and O–H groups in total. The Kier molecular flexibility index (Phi) is 5.16. The zero-order valence-electron chi connectivity index (χ0n) is 18.5. The fraction of sp³-hybridized carbons (Fsp3) is 0.292. The van der Waals surface area contributed by atoms with Gasteiger partial charge in [0.25, 0.3) is 0 Å². The molecule has 2 unspecified atom stereocenters. The highest BCUT2D eigenvalue weighted by atomic mass is 16.2. The van der Waals surface area contributed by atoms with Gasteiger partial charge in [0.15, 0.2) is 0 Å². The number of nitrogens with one attached hydrogen (secondary N) is 2. The molecule has 1 aliphatic heterocycles. The maximum Gasteiger partial charge on any atom is 0.314 e. The Morgan fingerprint density at radius 3 is 2.85 bits per heavy atom. The van der Waals surface area contributed by atoms with Crippen molar-refractivity contribution >= 4 is 45.1 Å². The van der Waals surface area contributed by atoms with Gasteiger partial charge in [-0.25, -0.2) is 4.98 Å². The van der Waals surface area contributed by atoms with E-state index < -0.39 is 11.8 Å². The molecule has 1 aromatic carbocycles. The molecule has 3 aromatic heterocycles. The van der Waals surface area contributed by atoms with E-state index in [1.54, 1.807) is 4.90 Å². The number of carbonyl (C=O) groups excluding carboxylic acids is 2. The molecule has 1 aliphatic rings. The highest BCUT2D eigenvalue weighted by Gasteiger charge is 2.34. The van der Waals surface area contributed by atoms with Crippen LogP contribution < -0.4 is 11.1 Å². The van der Waals surface area contributed by atoms with Gasteiger partial charge < -0.3 is 16.0 Å². The first-order valence-electron chi connectivity index (χ1n) is 11.0. The highest BCUT2D eigenvalue weighted by Crippen LogP contribution is 2.35. The summed E-state index contributed by atoms with van der Waals surface area (Å²) in [6.45, 7) is 4.56. The fourth-order valence-electron chi connectivity index (χ4n) is 4.52. The lowest BCUT2D eigenvalue weighted by Gasteiger charge is -2.38. The summed E-state index contributed by atoms with van der Waals surface area (Å²) in [6.07, 6.45) is 4.72. The summed E-state index contributed by atoms with van der Waals surface area (Å²) in [7, 11) is 0. The number of rotatable bonds is 2. The van der Waals surface area contributed by atoms with Crippen molar-refractivity contribution in [2.45, 2.75) is 32.7 Å². The number of hydrogen-bond donors (Lipinski definition) is 3. The molecule has 4 aromatic rings. The van der Waals surface area contributed by atoms with Gasteiger partial charge in [-0.05, 0) is 43.4 Å². The van der Waals surface area contributed by atoms with Crippen molar-refractivity contribution in [3.63, 3.8) is 0 Å². The smallest absolute Gasteiger partial charge is 0.314 e. The first-order chi connectivity index (χ1) is 15.9. The number of nitrogens with two attached hydrogens (primary N) is 1. The third-order valence-electron chi connectivity index (χ3n) is 6.28. The predicted octanol–water partition coefficient (Wildman–Crippen LogP) is 3.34. The summed E-state index contributed by atoms with van der Waals surface area (Å²) < 4.78 is 0. The summed E-state index contributed by atoms with van der Waals surface area (Å²) in [5, 5.41) is 11.1. The van der Waals surface area contributed by atoms with Crippen LogP contribution in [0.4, 0.5) is 11.5 Å². The lowest BCUT2D eigenvalue weighted by Crippen LogP contribution is -2.46. The number of H-pyrrole nitrogens is 1. The molecule has 1 saturated heterocycles. The summed E-state index contributed by atoms with van der Waals surface area (Å²) in [5.41, 5.74) is 9.56. The molecule has 9 nitrogen and oxygen atoms in total. The SMILES string of the molecule is Cc1ccc2ccc(C3CCC(C)CN3C(=O)C(=O)Nc3cnc(N)c4cn[nH]c34)cc2n1. The lowest BCUT2D eigenvalue weighted by atomic mass is 9.89. The average molecular weight is 444 g/mol. The summed E-state index contributed by atoms with van der Waals surface area (Å²) >= 11 is 0. The number of aryl methyl sites for hydroxylation is 1. The van der Waals surface area contributed by atoms with Crippen LogP contribution >= 0.6 is 0 Å². The molecule has 0 aliphatic carbocycles. The molecule has 2 atom stereocenters. The van der Waals surface area contributed by atoms with Gasteiger partial charge >= 0.3 is 11.8 Å². The number of amides is 2. The number of aromatic amines is 1. The molecule has 33 heavy (non-hydrogen) atoms. The van der Waals surface area contributed by atoms with Crippen molar-refractivity contribution in [2.24, 2.45) is 5.92 Å². The van der Waals surface area contributed by atoms with E-state index in [0.29, 0.717) is 34.9 Å². The Hall–Kier alpha value is -4.01. The normalized spacial score (nSPS) is 18.5. The number of piperidine rings is 1. The van der Waals surface area contributed by atoms with Crippen LogP contribution in [-0.4, -0.2) is 43.4 Å². The van der Waals surface area contributed by atoms with E-state index in [-0.39, 0.29) is 6.04 Å². The standard InChI is InChI=1S/C24H25N7O2/c1-13-3-8-20(16-7-6-15-5-4-14(2)28-18(15)9-16)31(12-13)24(33)23(32)29-19-11-26-22(25)17-10-27-30-21(17)19/h4-7,9-11,13,20H,3,8,12H2,1-2H3,(H2,25,26)(H,27,30)(H,29,32). The van der Waals surface area contributed by atoms with E-state index in [9.17, 15) is 9.59 Å². The summed E-state index contributed by atoms with van der Waals surface area (Å²) in [5.74, 6) is -0.691. The molecule has 5 rings (SSSR count). The average Bonchev–Trinajstić information content (AvgIpc) is 3.31. The van der Waals surface area contributed by atoms with Crippen LogP contribution in [0.3, 0.4) is 0 Å². The molecule has 4 heterocycles. The summed E-state index contributed by atoms with van der Waals surface area (Å²) in [4.78, 5) is 36.7. The minimum Gasteiger partial charge on any atom is -0.383 e. The number of aromatic nitrogens is 4. The monoisotopic (exact) mass is 443 g/mol.